The minimum atomic E-state index is 1.06. The van der Waals surface area contributed by atoms with Crippen LogP contribution in [-0.2, 0) is 6.42 Å². The molecule has 0 saturated heterocycles. The second kappa shape index (κ2) is 6.19. The standard InChI is InChI=1S/C22H22/c1-4-18-7-5-6-8-21(18)22-15-20(14-11-17(22)3)19-12-9-16(2)10-13-19/h5-15H,4H2,1-3H3. The average molecular weight is 286 g/mol. The van der Waals surface area contributed by atoms with Gasteiger partial charge in [-0.1, -0.05) is 73.2 Å². The molecule has 3 aromatic carbocycles. The Kier molecular flexibility index (Phi) is 4.11. The van der Waals surface area contributed by atoms with Crippen molar-refractivity contribution in [2.45, 2.75) is 27.2 Å². The van der Waals surface area contributed by atoms with Gasteiger partial charge in [0, 0.05) is 0 Å². The Morgan fingerprint density at radius 1 is 0.682 bits per heavy atom. The maximum Gasteiger partial charge on any atom is -0.0146 e. The minimum absolute atomic E-state index is 1.06. The van der Waals surface area contributed by atoms with Gasteiger partial charge in [-0.05, 0) is 59.7 Å². The van der Waals surface area contributed by atoms with E-state index in [1.165, 1.54) is 38.9 Å². The lowest BCUT2D eigenvalue weighted by molar-refractivity contribution is 1.14. The summed E-state index contributed by atoms with van der Waals surface area (Å²) in [4.78, 5) is 0. The zero-order valence-corrected chi connectivity index (χ0v) is 13.6. The molecule has 0 unspecified atom stereocenters. The number of aryl methyl sites for hydroxylation is 3. The average Bonchev–Trinajstić information content (AvgIpc) is 2.56. The van der Waals surface area contributed by atoms with Crippen LogP contribution in [-0.4, -0.2) is 0 Å². The summed E-state index contributed by atoms with van der Waals surface area (Å²) in [6.45, 7) is 6.54. The van der Waals surface area contributed by atoms with E-state index in [1.54, 1.807) is 0 Å². The molecule has 0 amide bonds. The summed E-state index contributed by atoms with van der Waals surface area (Å²) in [5.74, 6) is 0. The van der Waals surface area contributed by atoms with Gasteiger partial charge >= 0.3 is 0 Å². The van der Waals surface area contributed by atoms with Crippen LogP contribution in [0, 0.1) is 13.8 Å². The third-order valence-corrected chi connectivity index (χ3v) is 4.31. The topological polar surface area (TPSA) is 0 Å². The van der Waals surface area contributed by atoms with Crippen LogP contribution in [0.2, 0.25) is 0 Å². The van der Waals surface area contributed by atoms with Crippen LogP contribution in [0.25, 0.3) is 22.3 Å². The first-order chi connectivity index (χ1) is 10.7. The molecular weight excluding hydrogens is 264 g/mol. The molecule has 0 aromatic heterocycles. The second-order valence-corrected chi connectivity index (χ2v) is 5.91. The molecule has 0 radical (unpaired) electrons. The van der Waals surface area contributed by atoms with E-state index in [0.717, 1.165) is 6.42 Å². The molecule has 0 aliphatic carbocycles. The van der Waals surface area contributed by atoms with Crippen molar-refractivity contribution in [1.82, 2.24) is 0 Å². The lowest BCUT2D eigenvalue weighted by atomic mass is 9.91. The number of hydrogen-bond acceptors (Lipinski definition) is 0. The van der Waals surface area contributed by atoms with Gasteiger partial charge in [-0.15, -0.1) is 0 Å². The Morgan fingerprint density at radius 2 is 1.36 bits per heavy atom. The number of benzene rings is 3. The molecule has 3 rings (SSSR count). The third-order valence-electron chi connectivity index (χ3n) is 4.31. The SMILES string of the molecule is CCc1ccccc1-c1cc(-c2ccc(C)cc2)ccc1C. The Morgan fingerprint density at radius 3 is 2.09 bits per heavy atom. The Bertz CT molecular complexity index is 779. The summed E-state index contributed by atoms with van der Waals surface area (Å²) in [5.41, 5.74) is 9.30. The van der Waals surface area contributed by atoms with E-state index in [1.807, 2.05) is 0 Å². The molecule has 110 valence electrons. The molecule has 0 bridgehead atoms. The summed E-state index contributed by atoms with van der Waals surface area (Å²) in [6.07, 6.45) is 1.06. The fraction of sp³-hybridized carbons (Fsp3) is 0.182. The molecule has 0 nitrogen and oxygen atoms in total. The minimum Gasteiger partial charge on any atom is -0.0620 e. The van der Waals surface area contributed by atoms with E-state index < -0.39 is 0 Å². The van der Waals surface area contributed by atoms with Crippen LogP contribution >= 0.6 is 0 Å². The van der Waals surface area contributed by atoms with Crippen molar-refractivity contribution in [2.75, 3.05) is 0 Å². The molecule has 0 heteroatoms. The van der Waals surface area contributed by atoms with Crippen LogP contribution in [0.3, 0.4) is 0 Å². The molecule has 3 aromatic rings. The maximum atomic E-state index is 2.33. The highest BCUT2D eigenvalue weighted by atomic mass is 14.1. The van der Waals surface area contributed by atoms with Gasteiger partial charge in [-0.2, -0.15) is 0 Å². The lowest BCUT2D eigenvalue weighted by Crippen LogP contribution is -1.91. The van der Waals surface area contributed by atoms with Crippen LogP contribution in [0.4, 0.5) is 0 Å². The van der Waals surface area contributed by atoms with Crippen LogP contribution in [0.15, 0.2) is 66.7 Å². The summed E-state index contributed by atoms with van der Waals surface area (Å²) < 4.78 is 0. The highest BCUT2D eigenvalue weighted by Gasteiger charge is 2.08. The summed E-state index contributed by atoms with van der Waals surface area (Å²) in [5, 5.41) is 0. The van der Waals surface area contributed by atoms with Crippen LogP contribution < -0.4 is 0 Å². The Hall–Kier alpha value is -2.34. The van der Waals surface area contributed by atoms with Crippen LogP contribution in [0.5, 0.6) is 0 Å². The van der Waals surface area contributed by atoms with Crippen LogP contribution in [0.1, 0.15) is 23.6 Å². The van der Waals surface area contributed by atoms with E-state index in [0.29, 0.717) is 0 Å². The predicted octanol–water partition coefficient (Wildman–Crippen LogP) is 6.20. The summed E-state index contributed by atoms with van der Waals surface area (Å²) >= 11 is 0. The number of rotatable bonds is 3. The van der Waals surface area contributed by atoms with E-state index in [2.05, 4.69) is 87.5 Å². The van der Waals surface area contributed by atoms with E-state index in [9.17, 15) is 0 Å². The van der Waals surface area contributed by atoms with Crippen molar-refractivity contribution in [3.63, 3.8) is 0 Å². The van der Waals surface area contributed by atoms with Gasteiger partial charge in [0.15, 0.2) is 0 Å². The largest absolute Gasteiger partial charge is 0.0620 e. The first-order valence-corrected chi connectivity index (χ1v) is 7.95. The smallest absolute Gasteiger partial charge is 0.0146 e. The summed E-state index contributed by atoms with van der Waals surface area (Å²) in [7, 11) is 0. The first kappa shape index (κ1) is 14.6. The monoisotopic (exact) mass is 286 g/mol. The molecule has 0 heterocycles. The molecule has 0 aliphatic rings. The maximum absolute atomic E-state index is 2.33. The van der Waals surface area contributed by atoms with E-state index in [4.69, 9.17) is 0 Å². The fourth-order valence-electron chi connectivity index (χ4n) is 2.93. The molecule has 0 atom stereocenters. The van der Waals surface area contributed by atoms with E-state index in [-0.39, 0.29) is 0 Å². The van der Waals surface area contributed by atoms with Gasteiger partial charge in [0.05, 0.1) is 0 Å². The highest BCUT2D eigenvalue weighted by molar-refractivity contribution is 5.77. The molecule has 22 heavy (non-hydrogen) atoms. The number of hydrogen-bond donors (Lipinski definition) is 0. The Balaban J connectivity index is 2.13. The predicted molar refractivity (Wildman–Crippen MR) is 96.2 cm³/mol. The zero-order chi connectivity index (χ0) is 15.5. The van der Waals surface area contributed by atoms with Gasteiger partial charge in [0.1, 0.15) is 0 Å². The quantitative estimate of drug-likeness (QED) is 0.537. The lowest BCUT2D eigenvalue weighted by Gasteiger charge is -2.13. The van der Waals surface area contributed by atoms with Gasteiger partial charge in [0.25, 0.3) is 0 Å². The van der Waals surface area contributed by atoms with Crippen molar-refractivity contribution in [3.05, 3.63) is 83.4 Å². The van der Waals surface area contributed by atoms with E-state index >= 15 is 0 Å². The Labute approximate surface area is 133 Å². The van der Waals surface area contributed by atoms with Gasteiger partial charge in [0.2, 0.25) is 0 Å². The zero-order valence-electron chi connectivity index (χ0n) is 13.6. The summed E-state index contributed by atoms with van der Waals surface area (Å²) in [6, 6.07) is 24.3. The van der Waals surface area contributed by atoms with Crippen molar-refractivity contribution in [1.29, 1.82) is 0 Å². The molecule has 0 saturated carbocycles. The van der Waals surface area contributed by atoms with Crippen molar-refractivity contribution < 1.29 is 0 Å². The van der Waals surface area contributed by atoms with Crippen molar-refractivity contribution >= 4 is 0 Å². The molecule has 0 aliphatic heterocycles. The van der Waals surface area contributed by atoms with Gasteiger partial charge < -0.3 is 0 Å². The molecule has 0 fully saturated rings. The molecular formula is C22H22. The van der Waals surface area contributed by atoms with Crippen molar-refractivity contribution in [2.24, 2.45) is 0 Å². The van der Waals surface area contributed by atoms with Gasteiger partial charge in [-0.3, -0.25) is 0 Å². The molecule has 0 spiro atoms. The van der Waals surface area contributed by atoms with Crippen molar-refractivity contribution in [3.8, 4) is 22.3 Å². The highest BCUT2D eigenvalue weighted by Crippen LogP contribution is 2.31. The second-order valence-electron chi connectivity index (χ2n) is 5.91. The first-order valence-electron chi connectivity index (χ1n) is 7.95. The van der Waals surface area contributed by atoms with Gasteiger partial charge in [-0.25, -0.2) is 0 Å². The molecule has 0 N–H and O–H groups in total. The fourth-order valence-corrected chi connectivity index (χ4v) is 2.93. The normalized spacial score (nSPS) is 10.7. The third kappa shape index (κ3) is 2.82.